The highest BCUT2D eigenvalue weighted by atomic mass is 16.6. The molecule has 5 heteroatoms. The quantitative estimate of drug-likeness (QED) is 0.877. The molecule has 0 aromatic heterocycles. The molecule has 4 rings (SSSR count). The van der Waals surface area contributed by atoms with Crippen molar-refractivity contribution in [2.75, 3.05) is 50.0 Å². The number of fused-ring (bicyclic) bond motifs is 1. The second-order valence-corrected chi connectivity index (χ2v) is 6.38. The second-order valence-electron chi connectivity index (χ2n) is 6.38. The fourth-order valence-electron chi connectivity index (χ4n) is 3.35. The van der Waals surface area contributed by atoms with Crippen LogP contribution in [0.4, 0.5) is 11.4 Å². The minimum absolute atomic E-state index is 0.0961. The van der Waals surface area contributed by atoms with Gasteiger partial charge in [-0.1, -0.05) is 18.2 Å². The summed E-state index contributed by atoms with van der Waals surface area (Å²) in [4.78, 5) is 4.84. The van der Waals surface area contributed by atoms with Crippen LogP contribution in [0.15, 0.2) is 48.5 Å². The summed E-state index contributed by atoms with van der Waals surface area (Å²) in [6.07, 6.45) is 0.0961. The van der Waals surface area contributed by atoms with Crippen LogP contribution < -0.4 is 20.1 Å². The van der Waals surface area contributed by atoms with Crippen LogP contribution in [0.5, 0.6) is 11.5 Å². The average molecular weight is 325 g/mol. The van der Waals surface area contributed by atoms with Gasteiger partial charge < -0.3 is 20.1 Å². The first-order valence-electron chi connectivity index (χ1n) is 8.49. The monoisotopic (exact) mass is 325 g/mol. The van der Waals surface area contributed by atoms with Crippen molar-refractivity contribution in [3.8, 4) is 11.5 Å². The predicted octanol–water partition coefficient (Wildman–Crippen LogP) is 2.23. The number of piperazine rings is 1. The molecule has 24 heavy (non-hydrogen) atoms. The van der Waals surface area contributed by atoms with E-state index in [0.717, 1.165) is 49.9 Å². The molecule has 2 aromatic carbocycles. The molecule has 0 radical (unpaired) electrons. The van der Waals surface area contributed by atoms with Crippen molar-refractivity contribution in [2.45, 2.75) is 6.10 Å². The maximum atomic E-state index is 6.07. The summed E-state index contributed by atoms with van der Waals surface area (Å²) in [6, 6.07) is 16.0. The minimum Gasteiger partial charge on any atom is -0.486 e. The Morgan fingerprint density at radius 1 is 0.958 bits per heavy atom. The van der Waals surface area contributed by atoms with Gasteiger partial charge in [0, 0.05) is 44.1 Å². The first kappa shape index (κ1) is 15.1. The minimum atomic E-state index is 0.0961. The number of para-hydroxylation sites is 2. The predicted molar refractivity (Wildman–Crippen MR) is 95.9 cm³/mol. The number of anilines is 2. The molecule has 1 saturated heterocycles. The molecule has 2 aliphatic rings. The lowest BCUT2D eigenvalue weighted by atomic mass is 10.2. The lowest BCUT2D eigenvalue weighted by Crippen LogP contribution is -2.50. The Morgan fingerprint density at radius 3 is 2.54 bits per heavy atom. The van der Waals surface area contributed by atoms with Gasteiger partial charge in [0.2, 0.25) is 0 Å². The van der Waals surface area contributed by atoms with Gasteiger partial charge in [0.05, 0.1) is 0 Å². The number of nitrogens with zero attached hydrogens (tertiary/aromatic N) is 2. The molecule has 2 heterocycles. The first-order chi connectivity index (χ1) is 11.8. The molecule has 1 atom stereocenters. The van der Waals surface area contributed by atoms with Crippen molar-refractivity contribution < 1.29 is 9.47 Å². The largest absolute Gasteiger partial charge is 0.486 e. The van der Waals surface area contributed by atoms with Crippen LogP contribution in [-0.4, -0.2) is 50.3 Å². The van der Waals surface area contributed by atoms with Gasteiger partial charge in [-0.3, -0.25) is 4.90 Å². The lowest BCUT2D eigenvalue weighted by Gasteiger charge is -2.38. The Bertz CT molecular complexity index is 699. The fourth-order valence-corrected chi connectivity index (χ4v) is 3.35. The zero-order valence-electron chi connectivity index (χ0n) is 13.7. The molecule has 5 nitrogen and oxygen atoms in total. The van der Waals surface area contributed by atoms with E-state index in [4.69, 9.17) is 15.2 Å². The molecular weight excluding hydrogens is 302 g/mol. The number of nitrogens with two attached hydrogens (primary N) is 1. The molecule has 0 amide bonds. The van der Waals surface area contributed by atoms with Crippen LogP contribution in [0, 0.1) is 0 Å². The van der Waals surface area contributed by atoms with E-state index in [1.807, 2.05) is 42.5 Å². The fraction of sp³-hybridized carbons (Fsp3) is 0.368. The summed E-state index contributed by atoms with van der Waals surface area (Å²) < 4.78 is 11.9. The van der Waals surface area contributed by atoms with E-state index >= 15 is 0 Å². The van der Waals surface area contributed by atoms with E-state index in [-0.39, 0.29) is 6.10 Å². The van der Waals surface area contributed by atoms with E-state index in [2.05, 4.69) is 15.9 Å². The van der Waals surface area contributed by atoms with Gasteiger partial charge in [-0.25, -0.2) is 0 Å². The third kappa shape index (κ3) is 3.26. The molecule has 1 fully saturated rings. The molecule has 2 aliphatic heterocycles. The number of benzene rings is 2. The highest BCUT2D eigenvalue weighted by Gasteiger charge is 2.25. The van der Waals surface area contributed by atoms with Crippen molar-refractivity contribution in [1.82, 2.24) is 4.90 Å². The third-order valence-electron chi connectivity index (χ3n) is 4.64. The molecule has 2 N–H and O–H groups in total. The van der Waals surface area contributed by atoms with Crippen LogP contribution in [0.3, 0.4) is 0 Å². The molecule has 0 saturated carbocycles. The lowest BCUT2D eigenvalue weighted by molar-refractivity contribution is 0.0571. The third-order valence-corrected chi connectivity index (χ3v) is 4.64. The van der Waals surface area contributed by atoms with Crippen LogP contribution in [0.25, 0.3) is 0 Å². The normalized spacial score (nSPS) is 20.8. The zero-order chi connectivity index (χ0) is 16.4. The van der Waals surface area contributed by atoms with E-state index < -0.39 is 0 Å². The molecule has 0 spiro atoms. The molecule has 0 aliphatic carbocycles. The van der Waals surface area contributed by atoms with Crippen molar-refractivity contribution in [3.05, 3.63) is 48.5 Å². The Kier molecular flexibility index (Phi) is 4.17. The van der Waals surface area contributed by atoms with Crippen LogP contribution >= 0.6 is 0 Å². The number of nitrogen functional groups attached to an aromatic ring is 1. The first-order valence-corrected chi connectivity index (χ1v) is 8.49. The van der Waals surface area contributed by atoms with Gasteiger partial charge in [0.15, 0.2) is 11.5 Å². The smallest absolute Gasteiger partial charge is 0.161 e. The van der Waals surface area contributed by atoms with Crippen LogP contribution in [0.2, 0.25) is 0 Å². The summed E-state index contributed by atoms with van der Waals surface area (Å²) in [7, 11) is 0. The van der Waals surface area contributed by atoms with Gasteiger partial charge in [0.25, 0.3) is 0 Å². The SMILES string of the molecule is Nc1cccc(N2CCN(CC3COc4ccccc4O3)CC2)c1. The summed E-state index contributed by atoms with van der Waals surface area (Å²) in [5.41, 5.74) is 7.92. The number of rotatable bonds is 3. The van der Waals surface area contributed by atoms with Crippen molar-refractivity contribution in [2.24, 2.45) is 0 Å². The Balaban J connectivity index is 1.31. The van der Waals surface area contributed by atoms with Gasteiger partial charge in [0.1, 0.15) is 12.7 Å². The number of ether oxygens (including phenoxy) is 2. The maximum absolute atomic E-state index is 6.07. The van der Waals surface area contributed by atoms with Gasteiger partial charge in [-0.15, -0.1) is 0 Å². The Morgan fingerprint density at radius 2 is 1.75 bits per heavy atom. The van der Waals surface area contributed by atoms with Crippen LogP contribution in [-0.2, 0) is 0 Å². The average Bonchev–Trinajstić information content (AvgIpc) is 2.62. The molecule has 1 unspecified atom stereocenters. The van der Waals surface area contributed by atoms with E-state index in [1.165, 1.54) is 5.69 Å². The molecule has 0 bridgehead atoms. The van der Waals surface area contributed by atoms with Crippen LogP contribution in [0.1, 0.15) is 0 Å². The van der Waals surface area contributed by atoms with E-state index in [9.17, 15) is 0 Å². The molecular formula is C19H23N3O2. The van der Waals surface area contributed by atoms with E-state index in [0.29, 0.717) is 6.61 Å². The topological polar surface area (TPSA) is 51.0 Å². The molecule has 126 valence electrons. The molecule has 2 aromatic rings. The highest BCUT2D eigenvalue weighted by Crippen LogP contribution is 2.31. The van der Waals surface area contributed by atoms with Gasteiger partial charge in [-0.05, 0) is 30.3 Å². The van der Waals surface area contributed by atoms with E-state index in [1.54, 1.807) is 0 Å². The van der Waals surface area contributed by atoms with Gasteiger partial charge in [-0.2, -0.15) is 0 Å². The van der Waals surface area contributed by atoms with Gasteiger partial charge >= 0.3 is 0 Å². The summed E-state index contributed by atoms with van der Waals surface area (Å²) >= 11 is 0. The van der Waals surface area contributed by atoms with Crippen molar-refractivity contribution in [3.63, 3.8) is 0 Å². The summed E-state index contributed by atoms with van der Waals surface area (Å²) in [5, 5.41) is 0. The Hall–Kier alpha value is -2.40. The number of hydrogen-bond acceptors (Lipinski definition) is 5. The van der Waals surface area contributed by atoms with Crippen molar-refractivity contribution >= 4 is 11.4 Å². The summed E-state index contributed by atoms with van der Waals surface area (Å²) in [6.45, 7) is 5.58. The van der Waals surface area contributed by atoms with Crippen molar-refractivity contribution in [1.29, 1.82) is 0 Å². The zero-order valence-corrected chi connectivity index (χ0v) is 13.7. The standard InChI is InChI=1S/C19H23N3O2/c20-15-4-3-5-16(12-15)22-10-8-21(9-11-22)13-17-14-23-18-6-1-2-7-19(18)24-17/h1-7,12,17H,8-11,13-14,20H2. The summed E-state index contributed by atoms with van der Waals surface area (Å²) in [5.74, 6) is 1.70. The number of hydrogen-bond donors (Lipinski definition) is 1. The Labute approximate surface area is 142 Å². The highest BCUT2D eigenvalue weighted by molar-refractivity contribution is 5.56. The second kappa shape index (κ2) is 6.61. The maximum Gasteiger partial charge on any atom is 0.161 e.